The molecule has 2 heterocycles. The van der Waals surface area contributed by atoms with Gasteiger partial charge in [-0.2, -0.15) is 0 Å². The topological polar surface area (TPSA) is 64.7 Å². The van der Waals surface area contributed by atoms with Crippen molar-refractivity contribution in [1.82, 2.24) is 15.5 Å². The highest BCUT2D eigenvalue weighted by atomic mass is 16.2. The first-order valence-corrected chi connectivity index (χ1v) is 11.7. The molecule has 1 saturated heterocycles. The van der Waals surface area contributed by atoms with Gasteiger partial charge < -0.3 is 15.5 Å². The monoisotopic (exact) mass is 442 g/mol. The van der Waals surface area contributed by atoms with Crippen LogP contribution in [0.25, 0.3) is 10.8 Å². The van der Waals surface area contributed by atoms with Gasteiger partial charge in [0.15, 0.2) is 0 Å². The second-order valence-electron chi connectivity index (χ2n) is 9.07. The minimum Gasteiger partial charge on any atom is -0.374 e. The summed E-state index contributed by atoms with van der Waals surface area (Å²) in [5, 5.41) is 8.33. The zero-order chi connectivity index (χ0) is 22.8. The SMILES string of the molecule is CN1CCc2cc(CNC(=O)CC3C(=O)NCCN3Cc3ccc4ccccc4c3)ccc21. The number of benzene rings is 3. The van der Waals surface area contributed by atoms with E-state index in [9.17, 15) is 9.59 Å². The molecule has 3 aromatic carbocycles. The van der Waals surface area contributed by atoms with E-state index in [0.29, 0.717) is 19.6 Å². The number of nitrogens with zero attached hydrogens (tertiary/aromatic N) is 2. The first-order valence-electron chi connectivity index (χ1n) is 11.7. The zero-order valence-corrected chi connectivity index (χ0v) is 19.0. The average molecular weight is 443 g/mol. The normalized spacial score (nSPS) is 18.3. The number of piperazine rings is 1. The maximum atomic E-state index is 12.8. The molecule has 1 unspecified atom stereocenters. The lowest BCUT2D eigenvalue weighted by Gasteiger charge is -2.34. The fourth-order valence-corrected chi connectivity index (χ4v) is 4.92. The molecule has 0 aromatic heterocycles. The predicted octanol–water partition coefficient (Wildman–Crippen LogP) is 2.84. The molecule has 5 rings (SSSR count). The molecule has 2 aliphatic heterocycles. The quantitative estimate of drug-likeness (QED) is 0.616. The Bertz CT molecular complexity index is 1190. The number of carbonyl (C=O) groups excluding carboxylic acids is 2. The third-order valence-corrected chi connectivity index (χ3v) is 6.78. The number of likely N-dealkylation sites (N-methyl/N-ethyl adjacent to an activating group) is 1. The van der Waals surface area contributed by atoms with Gasteiger partial charge in [0, 0.05) is 45.5 Å². The molecule has 1 fully saturated rings. The summed E-state index contributed by atoms with van der Waals surface area (Å²) in [6.45, 7) is 3.50. The summed E-state index contributed by atoms with van der Waals surface area (Å²) >= 11 is 0. The van der Waals surface area contributed by atoms with Crippen LogP contribution in [0.15, 0.2) is 60.7 Å². The number of fused-ring (bicyclic) bond motifs is 2. The van der Waals surface area contributed by atoms with E-state index >= 15 is 0 Å². The van der Waals surface area contributed by atoms with E-state index in [1.165, 1.54) is 22.0 Å². The standard InChI is InChI=1S/C27H30N4O2/c1-30-12-10-23-14-19(7-9-24(23)30)17-29-26(32)16-25-27(33)28-11-13-31(25)18-20-6-8-21-4-2-3-5-22(21)15-20/h2-9,14-15,25H,10-13,16-18H2,1H3,(H,28,33)(H,29,32). The lowest BCUT2D eigenvalue weighted by Crippen LogP contribution is -2.56. The smallest absolute Gasteiger partial charge is 0.237 e. The highest BCUT2D eigenvalue weighted by molar-refractivity contribution is 5.89. The van der Waals surface area contributed by atoms with E-state index in [-0.39, 0.29) is 18.2 Å². The van der Waals surface area contributed by atoms with Crippen LogP contribution in [0, 0.1) is 0 Å². The van der Waals surface area contributed by atoms with Gasteiger partial charge in [-0.05, 0) is 46.0 Å². The van der Waals surface area contributed by atoms with Crippen LogP contribution in [-0.4, -0.2) is 49.4 Å². The summed E-state index contributed by atoms with van der Waals surface area (Å²) in [6, 6.07) is 20.6. The Morgan fingerprint density at radius 2 is 1.85 bits per heavy atom. The van der Waals surface area contributed by atoms with Crippen LogP contribution < -0.4 is 15.5 Å². The molecule has 6 nitrogen and oxygen atoms in total. The van der Waals surface area contributed by atoms with Crippen molar-refractivity contribution >= 4 is 28.3 Å². The lowest BCUT2D eigenvalue weighted by molar-refractivity contribution is -0.134. The second kappa shape index (κ2) is 9.24. The zero-order valence-electron chi connectivity index (χ0n) is 19.0. The number of nitrogens with one attached hydrogen (secondary N) is 2. The third kappa shape index (κ3) is 4.71. The molecule has 0 radical (unpaired) electrons. The average Bonchev–Trinajstić information content (AvgIpc) is 3.20. The number of anilines is 1. The molecule has 170 valence electrons. The van der Waals surface area contributed by atoms with Crippen molar-refractivity contribution < 1.29 is 9.59 Å². The lowest BCUT2D eigenvalue weighted by atomic mass is 10.0. The molecule has 0 saturated carbocycles. The van der Waals surface area contributed by atoms with Crippen LogP contribution in [0.4, 0.5) is 5.69 Å². The van der Waals surface area contributed by atoms with Crippen molar-refractivity contribution in [2.45, 2.75) is 32.0 Å². The van der Waals surface area contributed by atoms with E-state index in [4.69, 9.17) is 0 Å². The van der Waals surface area contributed by atoms with Crippen LogP contribution in [0.5, 0.6) is 0 Å². The van der Waals surface area contributed by atoms with Crippen molar-refractivity contribution in [3.05, 3.63) is 77.4 Å². The van der Waals surface area contributed by atoms with Gasteiger partial charge in [0.2, 0.25) is 11.8 Å². The third-order valence-electron chi connectivity index (χ3n) is 6.78. The Hall–Kier alpha value is -3.38. The van der Waals surface area contributed by atoms with Crippen molar-refractivity contribution in [1.29, 1.82) is 0 Å². The Kier molecular flexibility index (Phi) is 6.01. The van der Waals surface area contributed by atoms with Crippen LogP contribution >= 0.6 is 0 Å². The number of hydrogen-bond acceptors (Lipinski definition) is 4. The Labute approximate surface area is 194 Å². The van der Waals surface area contributed by atoms with Gasteiger partial charge in [-0.25, -0.2) is 0 Å². The first kappa shape index (κ1) is 21.5. The molecule has 6 heteroatoms. The van der Waals surface area contributed by atoms with E-state index < -0.39 is 6.04 Å². The van der Waals surface area contributed by atoms with Gasteiger partial charge in [-0.3, -0.25) is 14.5 Å². The minimum absolute atomic E-state index is 0.0715. The van der Waals surface area contributed by atoms with Crippen molar-refractivity contribution in [2.75, 3.05) is 31.6 Å². The van der Waals surface area contributed by atoms with Gasteiger partial charge in [0.25, 0.3) is 0 Å². The van der Waals surface area contributed by atoms with E-state index in [2.05, 4.69) is 76.0 Å². The van der Waals surface area contributed by atoms with Crippen molar-refractivity contribution in [2.24, 2.45) is 0 Å². The minimum atomic E-state index is -0.459. The summed E-state index contributed by atoms with van der Waals surface area (Å²) in [4.78, 5) is 29.8. The van der Waals surface area contributed by atoms with Gasteiger partial charge in [0.1, 0.15) is 0 Å². The van der Waals surface area contributed by atoms with Crippen molar-refractivity contribution in [3.63, 3.8) is 0 Å². The number of amides is 2. The van der Waals surface area contributed by atoms with E-state index in [1.807, 2.05) is 12.1 Å². The fourth-order valence-electron chi connectivity index (χ4n) is 4.92. The largest absolute Gasteiger partial charge is 0.374 e. The van der Waals surface area contributed by atoms with Crippen LogP contribution in [-0.2, 0) is 29.1 Å². The fraction of sp³-hybridized carbons (Fsp3) is 0.333. The van der Waals surface area contributed by atoms with Gasteiger partial charge in [0.05, 0.1) is 12.5 Å². The molecule has 2 aliphatic rings. The number of hydrogen-bond donors (Lipinski definition) is 2. The Balaban J connectivity index is 1.22. The van der Waals surface area contributed by atoms with Crippen LogP contribution in [0.1, 0.15) is 23.1 Å². The summed E-state index contributed by atoms with van der Waals surface area (Å²) < 4.78 is 0. The van der Waals surface area contributed by atoms with Gasteiger partial charge in [-0.1, -0.05) is 48.5 Å². The summed E-state index contributed by atoms with van der Waals surface area (Å²) in [6.07, 6.45) is 1.20. The van der Waals surface area contributed by atoms with E-state index in [1.54, 1.807) is 0 Å². The van der Waals surface area contributed by atoms with Gasteiger partial charge >= 0.3 is 0 Å². The van der Waals surface area contributed by atoms with Crippen molar-refractivity contribution in [3.8, 4) is 0 Å². The molecule has 0 bridgehead atoms. The molecule has 0 spiro atoms. The van der Waals surface area contributed by atoms with E-state index in [0.717, 1.165) is 30.6 Å². The second-order valence-corrected chi connectivity index (χ2v) is 9.07. The summed E-state index contributed by atoms with van der Waals surface area (Å²) in [5.74, 6) is -0.170. The molecule has 33 heavy (non-hydrogen) atoms. The first-order chi connectivity index (χ1) is 16.1. The number of rotatable bonds is 6. The highest BCUT2D eigenvalue weighted by Gasteiger charge is 2.31. The summed E-state index contributed by atoms with van der Waals surface area (Å²) in [7, 11) is 2.10. The van der Waals surface area contributed by atoms with Gasteiger partial charge in [-0.15, -0.1) is 0 Å². The molecule has 3 aromatic rings. The highest BCUT2D eigenvalue weighted by Crippen LogP contribution is 2.27. The Morgan fingerprint density at radius 1 is 1.03 bits per heavy atom. The molecular formula is C27H30N4O2. The molecule has 0 aliphatic carbocycles. The Morgan fingerprint density at radius 3 is 2.73 bits per heavy atom. The number of carbonyl (C=O) groups is 2. The molecule has 2 N–H and O–H groups in total. The maximum Gasteiger partial charge on any atom is 0.237 e. The maximum absolute atomic E-state index is 12.8. The summed E-state index contributed by atoms with van der Waals surface area (Å²) in [5.41, 5.74) is 4.85. The molecule has 1 atom stereocenters. The molecular weight excluding hydrogens is 412 g/mol. The predicted molar refractivity (Wildman–Crippen MR) is 131 cm³/mol. The molecule has 2 amide bonds. The van der Waals surface area contributed by atoms with Crippen LogP contribution in [0.3, 0.4) is 0 Å². The van der Waals surface area contributed by atoms with Crippen LogP contribution in [0.2, 0.25) is 0 Å².